The number of para-hydroxylation sites is 1. The first kappa shape index (κ1) is 27.1. The molecule has 10 nitrogen and oxygen atoms in total. The number of aryl methyl sites for hydroxylation is 1. The number of nitrogens with zero attached hydrogens (tertiary/aromatic N) is 1. The highest BCUT2D eigenvalue weighted by Crippen LogP contribution is 2.22. The summed E-state index contributed by atoms with van der Waals surface area (Å²) in [6.45, 7) is 5.90. The third kappa shape index (κ3) is 8.31. The Morgan fingerprint density at radius 3 is 2.32 bits per heavy atom. The first-order chi connectivity index (χ1) is 17.6. The van der Waals surface area contributed by atoms with Gasteiger partial charge in [0.1, 0.15) is 11.5 Å². The Balaban J connectivity index is 1.57. The predicted octanol–water partition coefficient (Wildman–Crippen LogP) is 4.27. The zero-order chi connectivity index (χ0) is 26.9. The molecule has 194 valence electrons. The topological polar surface area (TPSA) is 151 Å². The fraction of sp³-hybridized carbons (Fsp3) is 0.296. The second kappa shape index (κ2) is 12.5. The van der Waals surface area contributed by atoms with Crippen LogP contribution >= 0.6 is 0 Å². The van der Waals surface area contributed by atoms with Gasteiger partial charge < -0.3 is 25.6 Å². The minimum atomic E-state index is -1.54. The van der Waals surface area contributed by atoms with Gasteiger partial charge in [-0.25, -0.2) is 9.59 Å². The van der Waals surface area contributed by atoms with Gasteiger partial charge in [0.25, 0.3) is 0 Å². The van der Waals surface area contributed by atoms with Crippen molar-refractivity contribution in [3.05, 3.63) is 77.2 Å². The number of carbonyl (C=O) groups is 4. The van der Waals surface area contributed by atoms with E-state index in [0.29, 0.717) is 17.8 Å². The molecule has 0 saturated heterocycles. The van der Waals surface area contributed by atoms with E-state index in [4.69, 9.17) is 9.63 Å². The number of carbonyl (C=O) groups excluding carboxylic acids is 3. The normalized spacial score (nSPS) is 11.6. The molecule has 0 bridgehead atoms. The Kier molecular flexibility index (Phi) is 9.15. The number of ketones is 1. The van der Waals surface area contributed by atoms with Crippen molar-refractivity contribution in [2.75, 3.05) is 10.6 Å². The number of carboxylic acid groups (broad SMARTS) is 1. The van der Waals surface area contributed by atoms with Crippen molar-refractivity contribution in [1.82, 2.24) is 10.5 Å². The lowest BCUT2D eigenvalue weighted by atomic mass is 10.00. The predicted molar refractivity (Wildman–Crippen MR) is 137 cm³/mol. The van der Waals surface area contributed by atoms with Crippen LogP contribution in [0.1, 0.15) is 48.9 Å². The van der Waals surface area contributed by atoms with E-state index in [1.807, 2.05) is 45.0 Å². The van der Waals surface area contributed by atoms with Crippen LogP contribution in [0.3, 0.4) is 0 Å². The van der Waals surface area contributed by atoms with E-state index >= 15 is 0 Å². The number of benzene rings is 2. The molecule has 4 N–H and O–H groups in total. The molecule has 0 saturated carbocycles. The Labute approximate surface area is 214 Å². The number of rotatable bonds is 11. The van der Waals surface area contributed by atoms with Gasteiger partial charge >= 0.3 is 12.0 Å². The van der Waals surface area contributed by atoms with Crippen LogP contribution in [0.25, 0.3) is 0 Å². The molecule has 0 aliphatic rings. The van der Waals surface area contributed by atoms with Gasteiger partial charge in [0, 0.05) is 17.4 Å². The second-order valence-electron chi connectivity index (χ2n) is 9.14. The van der Waals surface area contributed by atoms with Crippen LogP contribution in [-0.4, -0.2) is 34.0 Å². The van der Waals surface area contributed by atoms with Crippen LogP contribution in [0, 0.1) is 12.8 Å². The molecule has 3 aromatic rings. The Bertz CT molecular complexity index is 1270. The summed E-state index contributed by atoms with van der Waals surface area (Å²) in [6.07, 6.45) is 0.268. The molecule has 0 aliphatic carbocycles. The molecular weight excluding hydrogens is 476 g/mol. The fourth-order valence-corrected chi connectivity index (χ4v) is 3.67. The van der Waals surface area contributed by atoms with Crippen molar-refractivity contribution in [2.24, 2.45) is 5.92 Å². The van der Waals surface area contributed by atoms with E-state index in [1.165, 1.54) is 6.07 Å². The largest absolute Gasteiger partial charge is 0.475 e. The molecule has 10 heteroatoms. The molecule has 1 heterocycles. The maximum atomic E-state index is 12.8. The number of aliphatic carboxylic acids is 1. The number of urea groups is 1. The van der Waals surface area contributed by atoms with Crippen molar-refractivity contribution >= 4 is 35.1 Å². The zero-order valence-electron chi connectivity index (χ0n) is 20.9. The highest BCUT2D eigenvalue weighted by atomic mass is 16.5. The number of Topliss-reactive ketones (excluding diaryl/α,β-unsaturated/α-hetero) is 1. The molecule has 3 amide bonds. The minimum absolute atomic E-state index is 0.104. The summed E-state index contributed by atoms with van der Waals surface area (Å²) in [4.78, 5) is 47.3. The van der Waals surface area contributed by atoms with E-state index in [1.54, 1.807) is 24.3 Å². The minimum Gasteiger partial charge on any atom is -0.475 e. The lowest BCUT2D eigenvalue weighted by Crippen LogP contribution is -2.31. The molecule has 0 aliphatic heterocycles. The molecule has 37 heavy (non-hydrogen) atoms. The molecule has 2 aromatic carbocycles. The third-order valence-electron chi connectivity index (χ3n) is 5.52. The average molecular weight is 507 g/mol. The second-order valence-corrected chi connectivity index (χ2v) is 9.14. The Hall–Kier alpha value is -4.47. The molecule has 1 unspecified atom stereocenters. The molecule has 0 radical (unpaired) electrons. The maximum absolute atomic E-state index is 12.8. The van der Waals surface area contributed by atoms with Gasteiger partial charge in [0.2, 0.25) is 11.7 Å². The van der Waals surface area contributed by atoms with Crippen molar-refractivity contribution < 1.29 is 28.8 Å². The van der Waals surface area contributed by atoms with E-state index in [-0.39, 0.29) is 30.0 Å². The number of hydrogen-bond donors (Lipinski definition) is 4. The standard InChI is InChI=1S/C27H30N4O6/c1-16(2)12-22(23-14-20(37-31-23)15-24(32)26(34)35)29-25(33)13-18-8-10-19(11-9-18)28-27(36)30-21-7-5-4-6-17(21)3/h4-11,14,16,22H,12-13,15H2,1-3H3,(H,29,33)(H,34,35)(H2,28,30,36). The number of anilines is 2. The van der Waals surface area contributed by atoms with Crippen molar-refractivity contribution in [3.8, 4) is 0 Å². The number of carboxylic acids is 1. The van der Waals surface area contributed by atoms with Crippen molar-refractivity contribution in [1.29, 1.82) is 0 Å². The molecule has 1 atom stereocenters. The maximum Gasteiger partial charge on any atom is 0.372 e. The summed E-state index contributed by atoms with van der Waals surface area (Å²) < 4.78 is 5.11. The average Bonchev–Trinajstić information content (AvgIpc) is 3.29. The van der Waals surface area contributed by atoms with Gasteiger partial charge in [0.15, 0.2) is 0 Å². The summed E-state index contributed by atoms with van der Waals surface area (Å²) in [5.41, 5.74) is 3.43. The van der Waals surface area contributed by atoms with Gasteiger partial charge in [-0.2, -0.15) is 0 Å². The van der Waals surface area contributed by atoms with Crippen LogP contribution in [0.4, 0.5) is 16.2 Å². The first-order valence-electron chi connectivity index (χ1n) is 11.8. The quantitative estimate of drug-likeness (QED) is 0.284. The van der Waals surface area contributed by atoms with E-state index in [0.717, 1.165) is 16.8 Å². The van der Waals surface area contributed by atoms with Crippen LogP contribution in [0.2, 0.25) is 0 Å². The third-order valence-corrected chi connectivity index (χ3v) is 5.52. The lowest BCUT2D eigenvalue weighted by Gasteiger charge is -2.18. The summed E-state index contributed by atoms with van der Waals surface area (Å²) in [5.74, 6) is -2.44. The molecule has 1 aromatic heterocycles. The first-order valence-corrected chi connectivity index (χ1v) is 11.8. The number of aromatic nitrogens is 1. The SMILES string of the molecule is Cc1ccccc1NC(=O)Nc1ccc(CC(=O)NC(CC(C)C)c2cc(CC(=O)C(=O)O)on2)cc1. The summed E-state index contributed by atoms with van der Waals surface area (Å²) in [5, 5.41) is 21.2. The van der Waals surface area contributed by atoms with Crippen LogP contribution in [0.15, 0.2) is 59.1 Å². The summed E-state index contributed by atoms with van der Waals surface area (Å²) in [6, 6.07) is 15.1. The highest BCUT2D eigenvalue weighted by molar-refractivity contribution is 6.33. The van der Waals surface area contributed by atoms with E-state index < -0.39 is 24.2 Å². The van der Waals surface area contributed by atoms with E-state index in [9.17, 15) is 19.2 Å². The van der Waals surface area contributed by atoms with Gasteiger partial charge in [0.05, 0.1) is 18.9 Å². The zero-order valence-corrected chi connectivity index (χ0v) is 20.9. The lowest BCUT2D eigenvalue weighted by molar-refractivity contribution is -0.148. The molecule has 0 fully saturated rings. The molecular formula is C27H30N4O6. The van der Waals surface area contributed by atoms with Crippen LogP contribution in [-0.2, 0) is 27.2 Å². The Morgan fingerprint density at radius 1 is 0.973 bits per heavy atom. The van der Waals surface area contributed by atoms with Gasteiger partial charge in [-0.1, -0.05) is 49.3 Å². The van der Waals surface area contributed by atoms with Crippen LogP contribution in [0.5, 0.6) is 0 Å². The van der Waals surface area contributed by atoms with Gasteiger partial charge in [-0.05, 0) is 48.6 Å². The summed E-state index contributed by atoms with van der Waals surface area (Å²) >= 11 is 0. The highest BCUT2D eigenvalue weighted by Gasteiger charge is 2.22. The smallest absolute Gasteiger partial charge is 0.372 e. The molecule has 0 spiro atoms. The van der Waals surface area contributed by atoms with Crippen molar-refractivity contribution in [2.45, 2.75) is 46.1 Å². The number of nitrogens with one attached hydrogen (secondary N) is 3. The van der Waals surface area contributed by atoms with Gasteiger partial charge in [-0.15, -0.1) is 0 Å². The number of amides is 3. The summed E-state index contributed by atoms with van der Waals surface area (Å²) in [7, 11) is 0. The monoisotopic (exact) mass is 506 g/mol. The fourth-order valence-electron chi connectivity index (χ4n) is 3.67. The van der Waals surface area contributed by atoms with Crippen molar-refractivity contribution in [3.63, 3.8) is 0 Å². The van der Waals surface area contributed by atoms with Gasteiger partial charge in [-0.3, -0.25) is 9.59 Å². The van der Waals surface area contributed by atoms with E-state index in [2.05, 4.69) is 21.1 Å². The van der Waals surface area contributed by atoms with Crippen LogP contribution < -0.4 is 16.0 Å². The molecule has 3 rings (SSSR count). The number of hydrogen-bond acceptors (Lipinski definition) is 6. The Morgan fingerprint density at radius 2 is 1.68 bits per heavy atom.